The lowest BCUT2D eigenvalue weighted by molar-refractivity contribution is 0.507. The molecule has 2 aromatic rings. The summed E-state index contributed by atoms with van der Waals surface area (Å²) in [7, 11) is 0. The molecule has 0 aromatic heterocycles. The largest absolute Gasteiger partial charge is 0.367 e. The van der Waals surface area contributed by atoms with Crippen molar-refractivity contribution in [3.05, 3.63) is 63.6 Å². The minimum atomic E-state index is -0.504. The van der Waals surface area contributed by atoms with E-state index in [1.165, 1.54) is 16.7 Å². The van der Waals surface area contributed by atoms with Crippen LogP contribution in [-0.2, 0) is 12.8 Å². The van der Waals surface area contributed by atoms with Crippen molar-refractivity contribution in [3.8, 4) is 6.07 Å². The summed E-state index contributed by atoms with van der Waals surface area (Å²) in [6.45, 7) is 2.07. The maximum absolute atomic E-state index is 9.72. The van der Waals surface area contributed by atoms with Crippen LogP contribution in [0.25, 0.3) is 0 Å². The molecule has 0 bridgehead atoms. The topological polar surface area (TPSA) is 35.8 Å². The number of anilines is 1. The first kappa shape index (κ1) is 14.2. The Hall–Kier alpha value is -1.79. The highest BCUT2D eigenvalue weighted by Crippen LogP contribution is 2.32. The summed E-state index contributed by atoms with van der Waals surface area (Å²) in [6.07, 6.45) is 2.52. The normalized spacial score (nSPS) is 20.4. The van der Waals surface area contributed by atoms with Gasteiger partial charge in [0.15, 0.2) is 0 Å². The highest BCUT2D eigenvalue weighted by Gasteiger charge is 2.34. The van der Waals surface area contributed by atoms with Crippen molar-refractivity contribution in [3.63, 3.8) is 0 Å². The predicted octanol–water partition coefficient (Wildman–Crippen LogP) is 4.62. The Morgan fingerprint density at radius 3 is 2.62 bits per heavy atom. The number of hydrogen-bond acceptors (Lipinski definition) is 2. The Balaban J connectivity index is 1.87. The van der Waals surface area contributed by atoms with Crippen LogP contribution in [0, 0.1) is 18.3 Å². The molecule has 1 atom stereocenters. The first-order chi connectivity index (χ1) is 10.1. The van der Waals surface area contributed by atoms with Gasteiger partial charge in [0, 0.05) is 16.6 Å². The summed E-state index contributed by atoms with van der Waals surface area (Å²) in [6, 6.07) is 17.1. The molecule has 0 saturated carbocycles. The third kappa shape index (κ3) is 2.96. The zero-order valence-electron chi connectivity index (χ0n) is 12.0. The summed E-state index contributed by atoms with van der Waals surface area (Å²) in [5.74, 6) is 0. The Morgan fingerprint density at radius 1 is 1.14 bits per heavy atom. The van der Waals surface area contributed by atoms with Crippen LogP contribution in [0.1, 0.15) is 23.1 Å². The fourth-order valence-corrected chi connectivity index (χ4v) is 3.31. The molecule has 3 heteroatoms. The molecule has 1 aliphatic rings. The first-order valence-corrected chi connectivity index (χ1v) is 7.93. The molecule has 106 valence electrons. The van der Waals surface area contributed by atoms with Gasteiger partial charge < -0.3 is 5.32 Å². The van der Waals surface area contributed by atoms with Gasteiger partial charge in [-0.2, -0.15) is 5.26 Å². The molecular formula is C18H17BrN2. The van der Waals surface area contributed by atoms with E-state index < -0.39 is 5.54 Å². The molecule has 1 N–H and O–H groups in total. The van der Waals surface area contributed by atoms with E-state index in [-0.39, 0.29) is 0 Å². The van der Waals surface area contributed by atoms with E-state index >= 15 is 0 Å². The lowest BCUT2D eigenvalue weighted by Gasteiger charge is -2.34. The van der Waals surface area contributed by atoms with E-state index in [1.54, 1.807) is 0 Å². The van der Waals surface area contributed by atoms with Crippen molar-refractivity contribution in [2.24, 2.45) is 0 Å². The fourth-order valence-electron chi connectivity index (χ4n) is 2.90. The Morgan fingerprint density at radius 2 is 1.90 bits per heavy atom. The van der Waals surface area contributed by atoms with Gasteiger partial charge in [-0.3, -0.25) is 0 Å². The molecule has 0 amide bonds. The summed E-state index contributed by atoms with van der Waals surface area (Å²) in [4.78, 5) is 0. The summed E-state index contributed by atoms with van der Waals surface area (Å²) in [5.41, 5.74) is 4.36. The van der Waals surface area contributed by atoms with Crippen LogP contribution in [0.3, 0.4) is 0 Å². The van der Waals surface area contributed by atoms with Crippen molar-refractivity contribution in [2.45, 2.75) is 31.7 Å². The molecule has 1 aliphatic carbocycles. The van der Waals surface area contributed by atoms with E-state index in [2.05, 4.69) is 64.6 Å². The van der Waals surface area contributed by atoms with Crippen molar-refractivity contribution in [1.82, 2.24) is 0 Å². The molecule has 0 saturated heterocycles. The van der Waals surface area contributed by atoms with Crippen molar-refractivity contribution in [1.29, 1.82) is 5.26 Å². The number of fused-ring (bicyclic) bond motifs is 1. The number of halogens is 1. The third-order valence-electron chi connectivity index (χ3n) is 4.13. The predicted molar refractivity (Wildman–Crippen MR) is 89.3 cm³/mol. The third-order valence-corrected chi connectivity index (χ3v) is 4.62. The maximum Gasteiger partial charge on any atom is 0.129 e. The zero-order chi connectivity index (χ0) is 14.9. The molecule has 0 heterocycles. The monoisotopic (exact) mass is 340 g/mol. The highest BCUT2D eigenvalue weighted by atomic mass is 79.9. The number of hydrogen-bond donors (Lipinski definition) is 1. The highest BCUT2D eigenvalue weighted by molar-refractivity contribution is 9.10. The minimum Gasteiger partial charge on any atom is -0.367 e. The van der Waals surface area contributed by atoms with Gasteiger partial charge in [0.1, 0.15) is 5.54 Å². The second-order valence-electron chi connectivity index (χ2n) is 5.77. The van der Waals surface area contributed by atoms with Crippen LogP contribution in [0.4, 0.5) is 5.69 Å². The Kier molecular flexibility index (Phi) is 3.73. The molecular weight excluding hydrogens is 324 g/mol. The average molecular weight is 341 g/mol. The number of aryl methyl sites for hydroxylation is 2. The minimum absolute atomic E-state index is 0.504. The first-order valence-electron chi connectivity index (χ1n) is 7.14. The second-order valence-corrected chi connectivity index (χ2v) is 6.69. The lowest BCUT2D eigenvalue weighted by Crippen LogP contribution is -2.42. The smallest absolute Gasteiger partial charge is 0.129 e. The lowest BCUT2D eigenvalue weighted by atomic mass is 9.78. The Bertz CT molecular complexity index is 700. The standard InChI is InChI=1S/C18H17BrN2/c1-13-2-6-17(7-3-13)21-18(12-20)9-8-14-10-16(19)5-4-15(14)11-18/h2-7,10,21H,8-9,11H2,1H3. The number of benzene rings is 2. The quantitative estimate of drug-likeness (QED) is 0.865. The number of rotatable bonds is 2. The SMILES string of the molecule is Cc1ccc(NC2(C#N)CCc3cc(Br)ccc3C2)cc1. The van der Waals surface area contributed by atoms with Crippen molar-refractivity contribution >= 4 is 21.6 Å². The molecule has 2 nitrogen and oxygen atoms in total. The van der Waals surface area contributed by atoms with Gasteiger partial charge in [0.05, 0.1) is 6.07 Å². The molecule has 0 aliphatic heterocycles. The molecule has 2 aromatic carbocycles. The second kappa shape index (κ2) is 5.54. The molecule has 0 fully saturated rings. The average Bonchev–Trinajstić information content (AvgIpc) is 2.50. The van der Waals surface area contributed by atoms with Gasteiger partial charge in [-0.15, -0.1) is 0 Å². The number of nitrogens with one attached hydrogen (secondary N) is 1. The van der Waals surface area contributed by atoms with E-state index in [1.807, 2.05) is 12.1 Å². The van der Waals surface area contributed by atoms with Crippen LogP contribution in [0.2, 0.25) is 0 Å². The van der Waals surface area contributed by atoms with Crippen LogP contribution >= 0.6 is 15.9 Å². The van der Waals surface area contributed by atoms with Gasteiger partial charge in [0.2, 0.25) is 0 Å². The number of nitrogens with zero attached hydrogens (tertiary/aromatic N) is 1. The molecule has 3 rings (SSSR count). The van der Waals surface area contributed by atoms with E-state index in [0.29, 0.717) is 0 Å². The fraction of sp³-hybridized carbons (Fsp3) is 0.278. The molecule has 1 unspecified atom stereocenters. The molecule has 0 radical (unpaired) electrons. The van der Waals surface area contributed by atoms with Gasteiger partial charge in [-0.05, 0) is 55.2 Å². The van der Waals surface area contributed by atoms with Crippen LogP contribution in [0.15, 0.2) is 46.9 Å². The van der Waals surface area contributed by atoms with E-state index in [0.717, 1.165) is 29.4 Å². The zero-order valence-corrected chi connectivity index (χ0v) is 13.6. The number of nitriles is 1. The molecule has 21 heavy (non-hydrogen) atoms. The van der Waals surface area contributed by atoms with Gasteiger partial charge >= 0.3 is 0 Å². The maximum atomic E-state index is 9.72. The van der Waals surface area contributed by atoms with Gasteiger partial charge in [0.25, 0.3) is 0 Å². The van der Waals surface area contributed by atoms with Crippen molar-refractivity contribution < 1.29 is 0 Å². The van der Waals surface area contributed by atoms with E-state index in [4.69, 9.17) is 0 Å². The van der Waals surface area contributed by atoms with E-state index in [9.17, 15) is 5.26 Å². The van der Waals surface area contributed by atoms with Crippen LogP contribution in [-0.4, -0.2) is 5.54 Å². The van der Waals surface area contributed by atoms with Gasteiger partial charge in [-0.1, -0.05) is 39.7 Å². The van der Waals surface area contributed by atoms with Crippen molar-refractivity contribution in [2.75, 3.05) is 5.32 Å². The summed E-state index contributed by atoms with van der Waals surface area (Å²) >= 11 is 3.52. The molecule has 0 spiro atoms. The van der Waals surface area contributed by atoms with Gasteiger partial charge in [-0.25, -0.2) is 0 Å². The van der Waals surface area contributed by atoms with Crippen LogP contribution in [0.5, 0.6) is 0 Å². The Labute approximate surface area is 133 Å². The summed E-state index contributed by atoms with van der Waals surface area (Å²) in [5, 5.41) is 13.2. The summed E-state index contributed by atoms with van der Waals surface area (Å²) < 4.78 is 1.11. The van der Waals surface area contributed by atoms with Crippen LogP contribution < -0.4 is 5.32 Å².